The monoisotopic (exact) mass is 293 g/mol. The molecule has 0 fully saturated rings. The van der Waals surface area contributed by atoms with Crippen molar-refractivity contribution in [2.24, 2.45) is 0 Å². The number of ether oxygens (including phenoxy) is 2. The van der Waals surface area contributed by atoms with Gasteiger partial charge in [0.05, 0.1) is 11.3 Å². The number of hydrogen-bond donors (Lipinski definition) is 1. The Kier molecular flexibility index (Phi) is 1.92. The molecule has 3 aromatic rings. The third-order valence-electron chi connectivity index (χ3n) is 4.45. The lowest BCUT2D eigenvalue weighted by Crippen LogP contribution is -2.20. The number of rotatable bonds is 0. The van der Waals surface area contributed by atoms with Crippen molar-refractivity contribution in [2.45, 2.75) is 0 Å². The van der Waals surface area contributed by atoms with E-state index in [2.05, 4.69) is 0 Å². The Balaban J connectivity index is 2.12. The van der Waals surface area contributed by atoms with Gasteiger partial charge in [0.25, 0.3) is 5.91 Å². The highest BCUT2D eigenvalue weighted by Crippen LogP contribution is 2.51. The maximum atomic E-state index is 12.5. The largest absolute Gasteiger partial charge is 0.507 e. The summed E-state index contributed by atoms with van der Waals surface area (Å²) in [5.41, 5.74) is 1.39. The second kappa shape index (κ2) is 3.62. The van der Waals surface area contributed by atoms with Crippen molar-refractivity contribution in [1.29, 1.82) is 0 Å². The molecule has 0 spiro atoms. The van der Waals surface area contributed by atoms with Gasteiger partial charge < -0.3 is 19.5 Å². The molecule has 1 amide bonds. The molecule has 22 heavy (non-hydrogen) atoms. The van der Waals surface area contributed by atoms with Crippen LogP contribution in [0.25, 0.3) is 21.5 Å². The van der Waals surface area contributed by atoms with Crippen molar-refractivity contribution in [3.05, 3.63) is 35.9 Å². The van der Waals surface area contributed by atoms with E-state index in [1.54, 1.807) is 30.1 Å². The van der Waals surface area contributed by atoms with E-state index in [1.165, 1.54) is 0 Å². The predicted octanol–water partition coefficient (Wildman–Crippen LogP) is 3.02. The van der Waals surface area contributed by atoms with Gasteiger partial charge in [-0.05, 0) is 23.6 Å². The van der Waals surface area contributed by atoms with Gasteiger partial charge in [-0.25, -0.2) is 0 Å². The van der Waals surface area contributed by atoms with Crippen LogP contribution in [-0.2, 0) is 0 Å². The number of anilines is 1. The van der Waals surface area contributed by atoms with Crippen LogP contribution >= 0.6 is 0 Å². The lowest BCUT2D eigenvalue weighted by Gasteiger charge is -2.13. The van der Waals surface area contributed by atoms with Gasteiger partial charge in [-0.2, -0.15) is 0 Å². The SMILES string of the molecule is CN1C(=O)c2cc3c(c4c2c1cc1c(O)cccc14)OCO3. The van der Waals surface area contributed by atoms with Crippen molar-refractivity contribution in [3.63, 3.8) is 0 Å². The summed E-state index contributed by atoms with van der Waals surface area (Å²) >= 11 is 0. The van der Waals surface area contributed by atoms with Crippen LogP contribution in [0.15, 0.2) is 30.3 Å². The fraction of sp³-hybridized carbons (Fsp3) is 0.118. The predicted molar refractivity (Wildman–Crippen MR) is 82.0 cm³/mol. The molecule has 5 nitrogen and oxygen atoms in total. The summed E-state index contributed by atoms with van der Waals surface area (Å²) in [4.78, 5) is 14.1. The summed E-state index contributed by atoms with van der Waals surface area (Å²) in [5, 5.41) is 13.4. The number of aromatic hydroxyl groups is 1. The first-order valence-corrected chi connectivity index (χ1v) is 6.96. The highest BCUT2D eigenvalue weighted by Gasteiger charge is 2.33. The second-order valence-corrected chi connectivity index (χ2v) is 5.54. The fourth-order valence-corrected chi connectivity index (χ4v) is 3.42. The molecule has 0 saturated carbocycles. The lowest BCUT2D eigenvalue weighted by atomic mass is 9.97. The number of phenolic OH excluding ortho intramolecular Hbond substituents is 1. The Bertz CT molecular complexity index is 1010. The molecule has 2 aliphatic rings. The zero-order valence-electron chi connectivity index (χ0n) is 11.7. The Labute approximate surface area is 125 Å². The quantitative estimate of drug-likeness (QED) is 0.647. The zero-order valence-corrected chi connectivity index (χ0v) is 11.7. The van der Waals surface area contributed by atoms with Crippen molar-refractivity contribution < 1.29 is 19.4 Å². The van der Waals surface area contributed by atoms with Crippen LogP contribution in [0.5, 0.6) is 17.2 Å². The first-order chi connectivity index (χ1) is 10.7. The topological polar surface area (TPSA) is 59.0 Å². The minimum atomic E-state index is -0.0758. The molecule has 0 bridgehead atoms. The summed E-state index contributed by atoms with van der Waals surface area (Å²) in [6, 6.07) is 8.94. The summed E-state index contributed by atoms with van der Waals surface area (Å²) in [5.74, 6) is 1.32. The summed E-state index contributed by atoms with van der Waals surface area (Å²) in [7, 11) is 1.73. The number of carbonyl (C=O) groups is 1. The second-order valence-electron chi connectivity index (χ2n) is 5.54. The van der Waals surface area contributed by atoms with Crippen LogP contribution in [0.4, 0.5) is 5.69 Å². The van der Waals surface area contributed by atoms with E-state index in [0.29, 0.717) is 22.4 Å². The van der Waals surface area contributed by atoms with Crippen molar-refractivity contribution in [2.75, 3.05) is 18.7 Å². The Hall–Kier alpha value is -2.95. The Morgan fingerprint density at radius 1 is 1.14 bits per heavy atom. The van der Waals surface area contributed by atoms with E-state index in [4.69, 9.17) is 9.47 Å². The number of hydrogen-bond acceptors (Lipinski definition) is 4. The van der Waals surface area contributed by atoms with Gasteiger partial charge in [-0.3, -0.25) is 4.79 Å². The minimum absolute atomic E-state index is 0.0758. The lowest BCUT2D eigenvalue weighted by molar-refractivity contribution is 0.0998. The van der Waals surface area contributed by atoms with Gasteiger partial charge in [0.15, 0.2) is 11.5 Å². The first kappa shape index (κ1) is 11.7. The third-order valence-corrected chi connectivity index (χ3v) is 4.45. The maximum absolute atomic E-state index is 12.5. The zero-order chi connectivity index (χ0) is 15.0. The van der Waals surface area contributed by atoms with E-state index in [1.807, 2.05) is 12.1 Å². The summed E-state index contributed by atoms with van der Waals surface area (Å²) < 4.78 is 11.1. The van der Waals surface area contributed by atoms with Crippen LogP contribution in [0.1, 0.15) is 10.4 Å². The summed E-state index contributed by atoms with van der Waals surface area (Å²) in [6.45, 7) is 0.141. The van der Waals surface area contributed by atoms with E-state index in [0.717, 1.165) is 21.8 Å². The Morgan fingerprint density at radius 2 is 2.00 bits per heavy atom. The average Bonchev–Trinajstić information content (AvgIpc) is 3.08. The maximum Gasteiger partial charge on any atom is 0.258 e. The molecule has 5 heteroatoms. The van der Waals surface area contributed by atoms with Crippen LogP contribution in [0.2, 0.25) is 0 Å². The third kappa shape index (κ3) is 1.18. The molecule has 0 aliphatic carbocycles. The molecule has 3 aromatic carbocycles. The van der Waals surface area contributed by atoms with E-state index in [-0.39, 0.29) is 18.4 Å². The number of carbonyl (C=O) groups excluding carboxylic acids is 1. The van der Waals surface area contributed by atoms with Gasteiger partial charge in [0, 0.05) is 23.2 Å². The van der Waals surface area contributed by atoms with E-state index >= 15 is 0 Å². The number of fused-ring (bicyclic) bond motifs is 4. The van der Waals surface area contributed by atoms with E-state index < -0.39 is 0 Å². The highest BCUT2D eigenvalue weighted by atomic mass is 16.7. The number of amides is 1. The molecule has 5 rings (SSSR count). The molecular formula is C17H11NO4. The molecule has 0 aromatic heterocycles. The fourth-order valence-electron chi connectivity index (χ4n) is 3.42. The van der Waals surface area contributed by atoms with Gasteiger partial charge in [-0.15, -0.1) is 0 Å². The Morgan fingerprint density at radius 3 is 2.86 bits per heavy atom. The molecule has 1 N–H and O–H groups in total. The number of benzene rings is 3. The highest BCUT2D eigenvalue weighted by molar-refractivity contribution is 6.31. The van der Waals surface area contributed by atoms with Crippen molar-refractivity contribution >= 4 is 33.1 Å². The number of nitrogens with zero attached hydrogens (tertiary/aromatic N) is 1. The first-order valence-electron chi connectivity index (χ1n) is 6.96. The van der Waals surface area contributed by atoms with Crippen molar-refractivity contribution in [3.8, 4) is 17.2 Å². The molecule has 0 radical (unpaired) electrons. The average molecular weight is 293 g/mol. The normalized spacial score (nSPS) is 15.3. The molecule has 2 aliphatic heterocycles. The molecule has 0 unspecified atom stereocenters. The van der Waals surface area contributed by atoms with Crippen LogP contribution in [0, 0.1) is 0 Å². The smallest absolute Gasteiger partial charge is 0.258 e. The van der Waals surface area contributed by atoms with Gasteiger partial charge >= 0.3 is 0 Å². The standard InChI is InChI=1S/C17H11NO4/c1-18-11-5-9-8(3-2-4-12(9)19)15-14(11)10(17(18)20)6-13-16(15)22-7-21-13/h2-6,19H,7H2,1H3. The minimum Gasteiger partial charge on any atom is -0.507 e. The van der Waals surface area contributed by atoms with Gasteiger partial charge in [-0.1, -0.05) is 12.1 Å². The van der Waals surface area contributed by atoms with Crippen LogP contribution < -0.4 is 14.4 Å². The molecule has 108 valence electrons. The molecule has 0 saturated heterocycles. The molecular weight excluding hydrogens is 282 g/mol. The summed E-state index contributed by atoms with van der Waals surface area (Å²) in [6.07, 6.45) is 0. The van der Waals surface area contributed by atoms with Gasteiger partial charge in [0.1, 0.15) is 5.75 Å². The van der Waals surface area contributed by atoms with Crippen LogP contribution in [0.3, 0.4) is 0 Å². The van der Waals surface area contributed by atoms with Crippen LogP contribution in [-0.4, -0.2) is 24.9 Å². The molecule has 0 atom stereocenters. The van der Waals surface area contributed by atoms with Crippen molar-refractivity contribution in [1.82, 2.24) is 0 Å². The van der Waals surface area contributed by atoms with Gasteiger partial charge in [0.2, 0.25) is 6.79 Å². The molecule has 2 heterocycles. The number of phenols is 1. The van der Waals surface area contributed by atoms with E-state index in [9.17, 15) is 9.90 Å².